The molecule has 0 fully saturated rings. The molecule has 2 heterocycles. The number of carbonyl (C=O) groups excluding carboxylic acids is 3. The Hall–Kier alpha value is -2.89. The molecule has 0 spiro atoms. The molecule has 31 heavy (non-hydrogen) atoms. The third-order valence-electron chi connectivity index (χ3n) is 3.94. The van der Waals surface area contributed by atoms with Crippen molar-refractivity contribution in [3.63, 3.8) is 0 Å². The predicted octanol–water partition coefficient (Wildman–Crippen LogP) is 3.35. The molecule has 0 saturated heterocycles. The van der Waals surface area contributed by atoms with E-state index in [9.17, 15) is 14.4 Å². The van der Waals surface area contributed by atoms with Crippen LogP contribution in [-0.2, 0) is 19.1 Å². The number of carbonyl (C=O) groups is 3. The predicted molar refractivity (Wildman–Crippen MR) is 117 cm³/mol. The number of thioether (sulfide) groups is 1. The van der Waals surface area contributed by atoms with Crippen LogP contribution in [0.25, 0.3) is 5.69 Å². The largest absolute Gasteiger partial charge is 0.465 e. The number of rotatable bonds is 8. The standard InChI is InChI=1S/C19H17ClN4O5S2/c1-11-3-4-12(7-13(11)20)24-10-21-23-19(24)31-9-16(26)29-8-15(25)22-14-5-6-30-17(14)18(27)28-2/h3-7,10H,8-9H2,1-2H3,(H,22,25). The molecule has 0 unspecified atom stereocenters. The van der Waals surface area contributed by atoms with Crippen molar-refractivity contribution in [2.45, 2.75) is 12.1 Å². The van der Waals surface area contributed by atoms with Crippen molar-refractivity contribution < 1.29 is 23.9 Å². The quantitative estimate of drug-likeness (QED) is 0.386. The minimum absolute atomic E-state index is 0.0720. The molecule has 162 valence electrons. The molecule has 0 aliphatic heterocycles. The van der Waals surface area contributed by atoms with Gasteiger partial charge in [0.05, 0.1) is 24.2 Å². The molecule has 0 bridgehead atoms. The maximum atomic E-state index is 12.0. The summed E-state index contributed by atoms with van der Waals surface area (Å²) < 4.78 is 11.3. The second-order valence-corrected chi connectivity index (χ2v) is 8.34. The van der Waals surface area contributed by atoms with Crippen molar-refractivity contribution in [2.24, 2.45) is 0 Å². The number of hydrogen-bond acceptors (Lipinski definition) is 9. The summed E-state index contributed by atoms with van der Waals surface area (Å²) in [5.74, 6) is -1.80. The van der Waals surface area contributed by atoms with Crippen LogP contribution >= 0.6 is 34.7 Å². The molecule has 0 radical (unpaired) electrons. The number of nitrogens with one attached hydrogen (secondary N) is 1. The zero-order valence-corrected chi connectivity index (χ0v) is 18.8. The molecule has 1 N–H and O–H groups in total. The van der Waals surface area contributed by atoms with Crippen molar-refractivity contribution in [1.82, 2.24) is 14.8 Å². The van der Waals surface area contributed by atoms with E-state index in [1.54, 1.807) is 22.1 Å². The molecule has 0 atom stereocenters. The monoisotopic (exact) mass is 480 g/mol. The minimum atomic E-state index is -0.602. The Morgan fingerprint density at radius 1 is 1.29 bits per heavy atom. The van der Waals surface area contributed by atoms with Gasteiger partial charge in [-0.3, -0.25) is 14.2 Å². The number of methoxy groups -OCH3 is 1. The van der Waals surface area contributed by atoms with Gasteiger partial charge in [-0.15, -0.1) is 21.5 Å². The van der Waals surface area contributed by atoms with Crippen LogP contribution in [0, 0.1) is 6.92 Å². The van der Waals surface area contributed by atoms with Crippen LogP contribution in [0.2, 0.25) is 5.02 Å². The van der Waals surface area contributed by atoms with Crippen LogP contribution in [0.15, 0.2) is 41.1 Å². The van der Waals surface area contributed by atoms with E-state index in [0.717, 1.165) is 34.3 Å². The Morgan fingerprint density at radius 2 is 2.10 bits per heavy atom. The number of aryl methyl sites for hydroxylation is 1. The van der Waals surface area contributed by atoms with Gasteiger partial charge in [-0.05, 0) is 36.1 Å². The van der Waals surface area contributed by atoms with Crippen molar-refractivity contribution in [2.75, 3.05) is 24.8 Å². The lowest BCUT2D eigenvalue weighted by Gasteiger charge is -2.08. The van der Waals surface area contributed by atoms with Gasteiger partial charge in [-0.2, -0.15) is 0 Å². The van der Waals surface area contributed by atoms with Crippen LogP contribution in [0.1, 0.15) is 15.2 Å². The fraction of sp³-hybridized carbons (Fsp3) is 0.211. The fourth-order valence-corrected chi connectivity index (χ4v) is 4.05. The molecule has 0 saturated carbocycles. The van der Waals surface area contributed by atoms with Crippen molar-refractivity contribution in [3.05, 3.63) is 51.4 Å². The lowest BCUT2D eigenvalue weighted by molar-refractivity contribution is -0.144. The molecule has 3 aromatic rings. The van der Waals surface area contributed by atoms with E-state index in [4.69, 9.17) is 16.3 Å². The second kappa shape index (κ2) is 10.4. The zero-order valence-electron chi connectivity index (χ0n) is 16.5. The van der Waals surface area contributed by atoms with Gasteiger partial charge in [0.2, 0.25) is 0 Å². The molecule has 3 rings (SSSR count). The molecule has 2 aromatic heterocycles. The molecular weight excluding hydrogens is 464 g/mol. The van der Waals surface area contributed by atoms with Crippen molar-refractivity contribution in [3.8, 4) is 5.69 Å². The van der Waals surface area contributed by atoms with Gasteiger partial charge in [0.15, 0.2) is 11.8 Å². The summed E-state index contributed by atoms with van der Waals surface area (Å²) in [7, 11) is 1.25. The number of nitrogens with zero attached hydrogens (tertiary/aromatic N) is 3. The highest BCUT2D eigenvalue weighted by molar-refractivity contribution is 7.99. The third kappa shape index (κ3) is 5.84. The molecule has 1 aromatic carbocycles. The average Bonchev–Trinajstić information content (AvgIpc) is 3.41. The summed E-state index contributed by atoms with van der Waals surface area (Å²) in [5, 5.41) is 13.1. The second-order valence-electron chi connectivity index (χ2n) is 6.07. The van der Waals surface area contributed by atoms with E-state index in [0.29, 0.717) is 15.9 Å². The Balaban J connectivity index is 1.51. The van der Waals surface area contributed by atoms with E-state index in [1.165, 1.54) is 13.4 Å². The number of hydrogen-bond donors (Lipinski definition) is 1. The van der Waals surface area contributed by atoms with Gasteiger partial charge in [-0.25, -0.2) is 4.79 Å². The Labute approximate surface area is 190 Å². The van der Waals surface area contributed by atoms with Crippen LogP contribution in [0.5, 0.6) is 0 Å². The Kier molecular flexibility index (Phi) is 7.66. The van der Waals surface area contributed by atoms with Gasteiger partial charge in [0, 0.05) is 5.02 Å². The number of amides is 1. The lowest BCUT2D eigenvalue weighted by Crippen LogP contribution is -2.22. The average molecular weight is 481 g/mol. The first-order valence-corrected chi connectivity index (χ1v) is 11.0. The van der Waals surface area contributed by atoms with Gasteiger partial charge >= 0.3 is 11.9 Å². The van der Waals surface area contributed by atoms with Crippen LogP contribution in [0.4, 0.5) is 5.69 Å². The molecule has 12 heteroatoms. The number of aromatic nitrogens is 3. The zero-order chi connectivity index (χ0) is 22.4. The van der Waals surface area contributed by atoms with Gasteiger partial charge < -0.3 is 14.8 Å². The number of esters is 2. The van der Waals surface area contributed by atoms with Crippen LogP contribution in [0.3, 0.4) is 0 Å². The van der Waals surface area contributed by atoms with Crippen molar-refractivity contribution in [1.29, 1.82) is 0 Å². The van der Waals surface area contributed by atoms with Gasteiger partial charge in [0.25, 0.3) is 5.91 Å². The Bertz CT molecular complexity index is 1110. The maximum Gasteiger partial charge on any atom is 0.350 e. The number of thiophene rings is 1. The first kappa shape index (κ1) is 22.8. The van der Waals surface area contributed by atoms with E-state index in [-0.39, 0.29) is 10.6 Å². The number of benzene rings is 1. The fourth-order valence-electron chi connectivity index (χ4n) is 2.39. The summed E-state index contributed by atoms with van der Waals surface area (Å²) in [6.07, 6.45) is 1.52. The molecular formula is C19H17ClN4O5S2. The van der Waals surface area contributed by atoms with Gasteiger partial charge in [-0.1, -0.05) is 29.4 Å². The highest BCUT2D eigenvalue weighted by Crippen LogP contribution is 2.24. The van der Waals surface area contributed by atoms with Crippen molar-refractivity contribution >= 4 is 58.2 Å². The summed E-state index contributed by atoms with van der Waals surface area (Å²) in [5.41, 5.74) is 2.00. The highest BCUT2D eigenvalue weighted by Gasteiger charge is 2.17. The SMILES string of the molecule is COC(=O)c1sccc1NC(=O)COC(=O)CSc1nncn1-c1ccc(C)c(Cl)c1. The topological polar surface area (TPSA) is 112 Å². The molecule has 0 aliphatic carbocycles. The van der Waals surface area contributed by atoms with E-state index >= 15 is 0 Å². The molecule has 1 amide bonds. The molecule has 0 aliphatic rings. The first-order valence-electron chi connectivity index (χ1n) is 8.79. The van der Waals surface area contributed by atoms with Crippen LogP contribution < -0.4 is 5.32 Å². The van der Waals surface area contributed by atoms with E-state index in [1.807, 2.05) is 19.1 Å². The minimum Gasteiger partial charge on any atom is -0.465 e. The Morgan fingerprint density at radius 3 is 2.84 bits per heavy atom. The highest BCUT2D eigenvalue weighted by atomic mass is 35.5. The van der Waals surface area contributed by atoms with Gasteiger partial charge in [0.1, 0.15) is 11.2 Å². The summed E-state index contributed by atoms with van der Waals surface area (Å²) >= 11 is 8.42. The summed E-state index contributed by atoms with van der Waals surface area (Å²) in [6, 6.07) is 7.08. The normalized spacial score (nSPS) is 10.5. The number of ether oxygens (including phenoxy) is 2. The maximum absolute atomic E-state index is 12.0. The summed E-state index contributed by atoms with van der Waals surface area (Å²) in [4.78, 5) is 36.0. The van der Waals surface area contributed by atoms with E-state index in [2.05, 4.69) is 20.3 Å². The number of halogens is 1. The lowest BCUT2D eigenvalue weighted by atomic mass is 10.2. The third-order valence-corrected chi connectivity index (χ3v) is 6.16. The smallest absolute Gasteiger partial charge is 0.350 e. The number of anilines is 1. The first-order chi connectivity index (χ1) is 14.9. The van der Waals surface area contributed by atoms with E-state index < -0.39 is 24.5 Å². The van der Waals surface area contributed by atoms with Crippen LogP contribution in [-0.4, -0.2) is 52.1 Å². The summed E-state index contributed by atoms with van der Waals surface area (Å²) in [6.45, 7) is 1.41. The molecule has 9 nitrogen and oxygen atoms in total.